The average Bonchev–Trinajstić information content (AvgIpc) is 3.15. The van der Waals surface area contributed by atoms with Crippen LogP contribution in [0.5, 0.6) is 0 Å². The Bertz CT molecular complexity index is 1320. The highest BCUT2D eigenvalue weighted by Crippen LogP contribution is 2.33. The Kier molecular flexibility index (Phi) is 4.33. The first kappa shape index (κ1) is 18.1. The summed E-state index contributed by atoms with van der Waals surface area (Å²) in [6, 6.07) is 12.5. The van der Waals surface area contributed by atoms with Crippen LogP contribution in [0.3, 0.4) is 0 Å². The normalized spacial score (nSPS) is 12.0. The molecule has 3 heterocycles. The van der Waals surface area contributed by atoms with Gasteiger partial charge in [-0.3, -0.25) is 9.78 Å². The predicted molar refractivity (Wildman–Crippen MR) is 107 cm³/mol. The van der Waals surface area contributed by atoms with Crippen molar-refractivity contribution in [2.75, 3.05) is 14.1 Å². The summed E-state index contributed by atoms with van der Waals surface area (Å²) in [5.74, 6) is 0. The summed E-state index contributed by atoms with van der Waals surface area (Å²) in [6.45, 7) is 0. The summed E-state index contributed by atoms with van der Waals surface area (Å²) in [6.07, 6.45) is 4.63. The van der Waals surface area contributed by atoms with Crippen molar-refractivity contribution in [2.24, 2.45) is 0 Å². The van der Waals surface area contributed by atoms with Crippen LogP contribution in [-0.2, 0) is 10.2 Å². The van der Waals surface area contributed by atoms with Crippen LogP contribution in [0, 0.1) is 0 Å². The van der Waals surface area contributed by atoms with Crippen molar-refractivity contribution in [1.29, 1.82) is 0 Å². The maximum Gasteiger partial charge on any atom is 0.322 e. The molecule has 0 unspecified atom stereocenters. The van der Waals surface area contributed by atoms with Gasteiger partial charge in [0.05, 0.1) is 11.9 Å². The SMILES string of the molecule is CN(C)S(=O)(=O)n1cc(-c2c[nH]c(=O)c3ccccc23)c(-c2ccccn2)n1. The number of aromatic amines is 1. The predicted octanol–water partition coefficient (Wildman–Crippen LogP) is 2.11. The van der Waals surface area contributed by atoms with Crippen LogP contribution in [0.1, 0.15) is 0 Å². The van der Waals surface area contributed by atoms with Gasteiger partial charge in [0, 0.05) is 43.0 Å². The largest absolute Gasteiger partial charge is 0.328 e. The Balaban J connectivity index is 2.06. The van der Waals surface area contributed by atoms with Crippen molar-refractivity contribution in [2.45, 2.75) is 0 Å². The number of nitrogens with one attached hydrogen (secondary N) is 1. The summed E-state index contributed by atoms with van der Waals surface area (Å²) in [5, 5.41) is 5.52. The molecule has 8 nitrogen and oxygen atoms in total. The molecule has 1 aromatic carbocycles. The van der Waals surface area contributed by atoms with E-state index in [-0.39, 0.29) is 5.56 Å². The zero-order valence-electron chi connectivity index (χ0n) is 15.2. The van der Waals surface area contributed by atoms with Gasteiger partial charge in [-0.25, -0.2) is 0 Å². The lowest BCUT2D eigenvalue weighted by Crippen LogP contribution is -2.29. The van der Waals surface area contributed by atoms with Crippen molar-refractivity contribution in [1.82, 2.24) is 23.5 Å². The lowest BCUT2D eigenvalue weighted by Gasteiger charge is -2.10. The minimum absolute atomic E-state index is 0.216. The molecule has 0 aliphatic carbocycles. The van der Waals surface area contributed by atoms with Gasteiger partial charge in [0.1, 0.15) is 5.69 Å². The van der Waals surface area contributed by atoms with Crippen molar-refractivity contribution in [3.63, 3.8) is 0 Å². The van der Waals surface area contributed by atoms with Gasteiger partial charge in [0.25, 0.3) is 5.56 Å². The lowest BCUT2D eigenvalue weighted by atomic mass is 10.0. The first-order valence-corrected chi connectivity index (χ1v) is 9.84. The second-order valence-corrected chi connectivity index (χ2v) is 8.35. The van der Waals surface area contributed by atoms with Gasteiger partial charge in [-0.2, -0.15) is 21.9 Å². The van der Waals surface area contributed by atoms with Crippen LogP contribution in [0.2, 0.25) is 0 Å². The first-order chi connectivity index (χ1) is 13.4. The van der Waals surface area contributed by atoms with Gasteiger partial charge >= 0.3 is 10.2 Å². The standard InChI is InChI=1S/C19H17N5O3S/c1-23(2)28(26,27)24-12-16(18(22-24)17-9-5-6-10-20-17)15-11-21-19(25)14-8-4-3-7-13(14)15/h3-12H,1-2H3,(H,21,25). The maximum atomic E-state index is 12.6. The smallest absolute Gasteiger partial charge is 0.322 e. The fraction of sp³-hybridized carbons (Fsp3) is 0.105. The minimum atomic E-state index is -3.82. The molecular weight excluding hydrogens is 378 g/mol. The summed E-state index contributed by atoms with van der Waals surface area (Å²) in [5.41, 5.74) is 1.93. The molecule has 142 valence electrons. The lowest BCUT2D eigenvalue weighted by molar-refractivity contribution is 0.504. The fourth-order valence-electron chi connectivity index (χ4n) is 2.96. The van der Waals surface area contributed by atoms with E-state index in [0.717, 1.165) is 8.39 Å². The van der Waals surface area contributed by atoms with Crippen LogP contribution < -0.4 is 5.56 Å². The number of benzene rings is 1. The van der Waals surface area contributed by atoms with E-state index < -0.39 is 10.2 Å². The van der Waals surface area contributed by atoms with Crippen LogP contribution in [-0.4, -0.2) is 46.0 Å². The first-order valence-electron chi connectivity index (χ1n) is 8.44. The Morgan fingerprint density at radius 2 is 1.71 bits per heavy atom. The molecule has 0 fully saturated rings. The Morgan fingerprint density at radius 1 is 1.00 bits per heavy atom. The zero-order chi connectivity index (χ0) is 19.9. The van der Waals surface area contributed by atoms with Gasteiger partial charge in [0.2, 0.25) is 0 Å². The molecule has 28 heavy (non-hydrogen) atoms. The Hall–Kier alpha value is -3.30. The second-order valence-electron chi connectivity index (χ2n) is 6.35. The highest BCUT2D eigenvalue weighted by atomic mass is 32.2. The van der Waals surface area contributed by atoms with Crippen molar-refractivity contribution < 1.29 is 8.42 Å². The number of pyridine rings is 2. The quantitative estimate of drug-likeness (QED) is 0.570. The van der Waals surface area contributed by atoms with E-state index >= 15 is 0 Å². The van der Waals surface area contributed by atoms with E-state index in [1.54, 1.807) is 42.7 Å². The summed E-state index contributed by atoms with van der Waals surface area (Å²) in [7, 11) is -0.943. The van der Waals surface area contributed by atoms with Gasteiger partial charge in [-0.15, -0.1) is 0 Å². The topological polar surface area (TPSA) is 101 Å². The van der Waals surface area contributed by atoms with Crippen molar-refractivity contribution in [3.8, 4) is 22.5 Å². The van der Waals surface area contributed by atoms with E-state index in [0.29, 0.717) is 33.3 Å². The van der Waals surface area contributed by atoms with E-state index in [2.05, 4.69) is 15.1 Å². The third-order valence-electron chi connectivity index (χ3n) is 4.40. The number of H-pyrrole nitrogens is 1. The molecule has 0 radical (unpaired) electrons. The highest BCUT2D eigenvalue weighted by molar-refractivity contribution is 7.87. The number of aromatic nitrogens is 4. The molecule has 4 rings (SSSR count). The van der Waals surface area contributed by atoms with E-state index in [4.69, 9.17) is 0 Å². The monoisotopic (exact) mass is 395 g/mol. The molecule has 9 heteroatoms. The summed E-state index contributed by atoms with van der Waals surface area (Å²) >= 11 is 0. The molecule has 0 amide bonds. The van der Waals surface area contributed by atoms with Crippen molar-refractivity contribution >= 4 is 21.0 Å². The van der Waals surface area contributed by atoms with Crippen molar-refractivity contribution in [3.05, 3.63) is 71.4 Å². The third-order valence-corrected chi connectivity index (χ3v) is 5.98. The molecular formula is C19H17N5O3S. The summed E-state index contributed by atoms with van der Waals surface area (Å²) < 4.78 is 27.3. The number of fused-ring (bicyclic) bond motifs is 1. The molecule has 0 bridgehead atoms. The fourth-order valence-corrected chi connectivity index (χ4v) is 3.72. The third kappa shape index (κ3) is 2.90. The molecule has 0 aliphatic heterocycles. The van der Waals surface area contributed by atoms with Gasteiger partial charge in [-0.1, -0.05) is 24.3 Å². The second kappa shape index (κ2) is 6.70. The molecule has 0 atom stereocenters. The number of hydrogen-bond acceptors (Lipinski definition) is 5. The molecule has 0 aliphatic rings. The molecule has 4 aromatic rings. The Morgan fingerprint density at radius 3 is 2.39 bits per heavy atom. The van der Waals surface area contributed by atoms with E-state index in [9.17, 15) is 13.2 Å². The average molecular weight is 395 g/mol. The van der Waals surface area contributed by atoms with Gasteiger partial charge in [-0.05, 0) is 23.6 Å². The molecule has 0 saturated carbocycles. The number of rotatable bonds is 4. The molecule has 0 spiro atoms. The van der Waals surface area contributed by atoms with Gasteiger partial charge < -0.3 is 4.98 Å². The Labute approximate surface area is 161 Å². The maximum absolute atomic E-state index is 12.6. The number of nitrogens with zero attached hydrogens (tertiary/aromatic N) is 4. The number of hydrogen-bond donors (Lipinski definition) is 1. The van der Waals surface area contributed by atoms with Crippen LogP contribution in [0.4, 0.5) is 0 Å². The van der Waals surface area contributed by atoms with E-state index in [1.165, 1.54) is 20.3 Å². The van der Waals surface area contributed by atoms with Crippen LogP contribution in [0.15, 0.2) is 65.8 Å². The highest BCUT2D eigenvalue weighted by Gasteiger charge is 2.23. The minimum Gasteiger partial charge on any atom is -0.328 e. The zero-order valence-corrected chi connectivity index (χ0v) is 16.0. The van der Waals surface area contributed by atoms with E-state index in [1.807, 2.05) is 12.1 Å². The molecule has 3 aromatic heterocycles. The molecule has 1 N–H and O–H groups in total. The van der Waals surface area contributed by atoms with Gasteiger partial charge in [0.15, 0.2) is 0 Å². The van der Waals surface area contributed by atoms with Crippen LogP contribution >= 0.6 is 0 Å². The summed E-state index contributed by atoms with van der Waals surface area (Å²) in [4.78, 5) is 19.2. The molecule has 0 saturated heterocycles. The van der Waals surface area contributed by atoms with Crippen LogP contribution in [0.25, 0.3) is 33.3 Å².